The number of carbonyl (C=O) groups is 1. The molecule has 0 aliphatic carbocycles. The zero-order chi connectivity index (χ0) is 33.2. The van der Waals surface area contributed by atoms with E-state index in [-0.39, 0.29) is 23.1 Å². The Balaban J connectivity index is 1.96. The van der Waals surface area contributed by atoms with Gasteiger partial charge in [-0.15, -0.1) is 0 Å². The summed E-state index contributed by atoms with van der Waals surface area (Å²) in [6.07, 6.45) is -2.32. The maximum absolute atomic E-state index is 15.2. The molecule has 0 unspecified atom stereocenters. The van der Waals surface area contributed by atoms with Crippen molar-refractivity contribution >= 4 is 22.6 Å². The van der Waals surface area contributed by atoms with Crippen molar-refractivity contribution in [2.45, 2.75) is 71.6 Å². The third kappa shape index (κ3) is 7.02. The fraction of sp³-hybridized carbons (Fsp3) is 0.500. The van der Waals surface area contributed by atoms with Crippen LogP contribution in [0.4, 0.5) is 19.0 Å². The fourth-order valence-corrected chi connectivity index (χ4v) is 5.99. The lowest BCUT2D eigenvalue weighted by molar-refractivity contribution is -0.142. The lowest BCUT2D eigenvalue weighted by Gasteiger charge is -2.42. The minimum Gasteiger partial charge on any atom is -0.367 e. The van der Waals surface area contributed by atoms with Crippen molar-refractivity contribution in [2.75, 3.05) is 39.0 Å². The zero-order valence-electron chi connectivity index (χ0n) is 27.2. The Hall–Kier alpha value is -3.88. The van der Waals surface area contributed by atoms with Gasteiger partial charge in [0.25, 0.3) is 12.0 Å². The van der Waals surface area contributed by atoms with E-state index >= 15 is 4.39 Å². The van der Waals surface area contributed by atoms with Crippen LogP contribution in [-0.4, -0.2) is 65.1 Å². The van der Waals surface area contributed by atoms with E-state index in [2.05, 4.69) is 17.2 Å². The number of benzene rings is 1. The highest BCUT2D eigenvalue weighted by Crippen LogP contribution is 2.39. The maximum atomic E-state index is 15.2. The first-order valence-electron chi connectivity index (χ1n) is 15.1. The lowest BCUT2D eigenvalue weighted by atomic mass is 9.83. The Kier molecular flexibility index (Phi) is 10.3. The summed E-state index contributed by atoms with van der Waals surface area (Å²) in [5, 5.41) is 3.80. The van der Waals surface area contributed by atoms with Crippen LogP contribution in [0.1, 0.15) is 81.0 Å². The number of rotatable bonds is 8. The fourth-order valence-electron chi connectivity index (χ4n) is 5.99. The number of fused-ring (bicyclic) bond motifs is 1. The van der Waals surface area contributed by atoms with Crippen LogP contribution in [0.2, 0.25) is 0 Å². The Bertz CT molecular complexity index is 1700. The first-order chi connectivity index (χ1) is 21.2. The molecule has 1 atom stereocenters. The van der Waals surface area contributed by atoms with E-state index < -0.39 is 29.4 Å². The molecule has 8 nitrogen and oxygen atoms in total. The van der Waals surface area contributed by atoms with Gasteiger partial charge in [0.2, 0.25) is 5.91 Å². The van der Waals surface area contributed by atoms with Crippen molar-refractivity contribution < 1.29 is 22.7 Å². The Morgan fingerprint density at radius 3 is 2.40 bits per heavy atom. The molecule has 3 heterocycles. The second kappa shape index (κ2) is 13.6. The van der Waals surface area contributed by atoms with Crippen LogP contribution in [-0.2, 0) is 22.2 Å². The number of ether oxygens (including phenoxy) is 1. The molecule has 4 rings (SSSR count). The summed E-state index contributed by atoms with van der Waals surface area (Å²) in [7, 11) is 5.49. The number of anilines is 1. The number of alkyl halides is 2. The zero-order valence-corrected chi connectivity index (χ0v) is 27.2. The average molecular weight is 626 g/mol. The number of hydrogen-bond donors (Lipinski definition) is 1. The summed E-state index contributed by atoms with van der Waals surface area (Å²) < 4.78 is 50.2. The van der Waals surface area contributed by atoms with Gasteiger partial charge in [0.1, 0.15) is 17.2 Å². The molecule has 0 spiro atoms. The molecule has 1 amide bonds. The molecule has 2 aromatic heterocycles. The SMILES string of the molecule is CC(=O)N1CCC(OC(C)C)(c2cc3c(N[C@H](C)c4cccc(C(F)F)c4F)nc(C)c(C#CCN(C)C)c3n(C)c2=O)CC1. The molecular formula is C34H42F3N5O3. The van der Waals surface area contributed by atoms with E-state index in [1.807, 2.05) is 32.8 Å². The number of amides is 1. The first kappa shape index (κ1) is 34.0. The van der Waals surface area contributed by atoms with Gasteiger partial charge in [0, 0.05) is 38.0 Å². The van der Waals surface area contributed by atoms with Gasteiger partial charge in [-0.2, -0.15) is 0 Å². The predicted molar refractivity (Wildman–Crippen MR) is 170 cm³/mol. The molecule has 0 bridgehead atoms. The van der Waals surface area contributed by atoms with Gasteiger partial charge in [0.05, 0.1) is 46.6 Å². The summed E-state index contributed by atoms with van der Waals surface area (Å²) in [4.78, 5) is 34.8. The van der Waals surface area contributed by atoms with E-state index in [1.54, 1.807) is 36.4 Å². The number of hydrogen-bond acceptors (Lipinski definition) is 6. The highest BCUT2D eigenvalue weighted by molar-refractivity contribution is 5.95. The highest BCUT2D eigenvalue weighted by Gasteiger charge is 2.41. The van der Waals surface area contributed by atoms with Crippen LogP contribution in [0.5, 0.6) is 0 Å². The monoisotopic (exact) mass is 625 g/mol. The van der Waals surface area contributed by atoms with Gasteiger partial charge < -0.3 is 19.5 Å². The lowest BCUT2D eigenvalue weighted by Crippen LogP contribution is -2.49. The number of aromatic nitrogens is 2. The highest BCUT2D eigenvalue weighted by atomic mass is 19.3. The summed E-state index contributed by atoms with van der Waals surface area (Å²) in [5.41, 5.74) is 0.269. The minimum atomic E-state index is -2.96. The van der Waals surface area contributed by atoms with Crippen molar-refractivity contribution in [2.24, 2.45) is 7.05 Å². The topological polar surface area (TPSA) is 79.7 Å². The quantitative estimate of drug-likeness (QED) is 0.325. The van der Waals surface area contributed by atoms with E-state index in [1.165, 1.54) is 19.1 Å². The van der Waals surface area contributed by atoms with Crippen molar-refractivity contribution in [3.05, 3.63) is 68.4 Å². The Morgan fingerprint density at radius 2 is 1.82 bits per heavy atom. The third-order valence-corrected chi connectivity index (χ3v) is 8.24. The maximum Gasteiger partial charge on any atom is 0.266 e. The molecule has 45 heavy (non-hydrogen) atoms. The van der Waals surface area contributed by atoms with Gasteiger partial charge in [-0.3, -0.25) is 14.5 Å². The summed E-state index contributed by atoms with van der Waals surface area (Å²) in [5.74, 6) is 5.67. The average Bonchev–Trinajstić information content (AvgIpc) is 2.95. The Morgan fingerprint density at radius 1 is 1.18 bits per heavy atom. The number of nitrogens with zero attached hydrogens (tertiary/aromatic N) is 4. The predicted octanol–water partition coefficient (Wildman–Crippen LogP) is 5.67. The number of halogens is 3. The van der Waals surface area contributed by atoms with Crippen molar-refractivity contribution in [1.82, 2.24) is 19.4 Å². The molecule has 1 fully saturated rings. The first-order valence-corrected chi connectivity index (χ1v) is 15.1. The van der Waals surface area contributed by atoms with Crippen LogP contribution >= 0.6 is 0 Å². The van der Waals surface area contributed by atoms with Crippen LogP contribution < -0.4 is 10.9 Å². The van der Waals surface area contributed by atoms with Crippen LogP contribution in [0.15, 0.2) is 29.1 Å². The molecule has 3 aromatic rings. The molecule has 11 heteroatoms. The van der Waals surface area contributed by atoms with E-state index in [9.17, 15) is 18.4 Å². The number of nitrogens with one attached hydrogen (secondary N) is 1. The van der Waals surface area contributed by atoms with Crippen LogP contribution in [0.3, 0.4) is 0 Å². The molecule has 0 radical (unpaired) electrons. The molecular weight excluding hydrogens is 583 g/mol. The number of aryl methyl sites for hydroxylation is 2. The van der Waals surface area contributed by atoms with E-state index in [0.717, 1.165) is 6.07 Å². The van der Waals surface area contributed by atoms with Crippen molar-refractivity contribution in [3.63, 3.8) is 0 Å². The van der Waals surface area contributed by atoms with Gasteiger partial charge in [-0.25, -0.2) is 18.2 Å². The third-order valence-electron chi connectivity index (χ3n) is 8.24. The summed E-state index contributed by atoms with van der Waals surface area (Å²) in [6.45, 7) is 10.1. The largest absolute Gasteiger partial charge is 0.367 e. The van der Waals surface area contributed by atoms with Crippen molar-refractivity contribution in [1.29, 1.82) is 0 Å². The van der Waals surface area contributed by atoms with Gasteiger partial charge in [0.15, 0.2) is 0 Å². The molecule has 1 saturated heterocycles. The Labute approximate surface area is 262 Å². The summed E-state index contributed by atoms with van der Waals surface area (Å²) >= 11 is 0. The number of carbonyl (C=O) groups excluding carboxylic acids is 1. The molecule has 1 N–H and O–H groups in total. The normalized spacial score (nSPS) is 15.5. The molecule has 1 aliphatic heterocycles. The van der Waals surface area contributed by atoms with Gasteiger partial charge >= 0.3 is 0 Å². The number of piperidine rings is 1. The minimum absolute atomic E-state index is 0.0382. The second-order valence-electron chi connectivity index (χ2n) is 12.2. The molecule has 0 saturated carbocycles. The van der Waals surface area contributed by atoms with E-state index in [4.69, 9.17) is 9.72 Å². The molecule has 242 valence electrons. The van der Waals surface area contributed by atoms with E-state index in [0.29, 0.717) is 66.0 Å². The second-order valence-corrected chi connectivity index (χ2v) is 12.2. The van der Waals surface area contributed by atoms with Crippen molar-refractivity contribution in [3.8, 4) is 11.8 Å². The van der Waals surface area contributed by atoms with Crippen LogP contribution in [0, 0.1) is 24.6 Å². The smallest absolute Gasteiger partial charge is 0.266 e. The standard InChI is InChI=1S/C34H42F3N5O3/c1-20(2)45-34(14-17-42(18-15-34)23(5)43)28-19-27-30(41(8)33(28)44)25(13-10-16-40(6)7)22(4)39-32(27)38-21(3)24-11-9-12-26(29(24)35)31(36)37/h9,11-12,19-21,31H,14-18H2,1-8H3,(H,38,39)/t21-/m1/s1. The number of pyridine rings is 2. The molecule has 1 aromatic carbocycles. The number of likely N-dealkylation sites (tertiary alicyclic amines) is 1. The summed E-state index contributed by atoms with van der Waals surface area (Å²) in [6, 6.07) is 4.96. The van der Waals surface area contributed by atoms with Gasteiger partial charge in [-0.1, -0.05) is 30.0 Å². The van der Waals surface area contributed by atoms with Crippen LogP contribution in [0.25, 0.3) is 10.9 Å². The molecule has 1 aliphatic rings. The van der Waals surface area contributed by atoms with Gasteiger partial charge in [-0.05, 0) is 60.7 Å².